The molecule has 1 fully saturated rings. The molecule has 0 spiro atoms. The van der Waals surface area contributed by atoms with E-state index in [1.807, 2.05) is 24.3 Å². The first kappa shape index (κ1) is 11.0. The number of fused-ring (bicyclic) bond motifs is 1. The van der Waals surface area contributed by atoms with Gasteiger partial charge in [-0.25, -0.2) is 0 Å². The van der Waals surface area contributed by atoms with Crippen LogP contribution in [0.3, 0.4) is 0 Å². The van der Waals surface area contributed by atoms with Gasteiger partial charge in [0.2, 0.25) is 5.91 Å². The van der Waals surface area contributed by atoms with Crippen molar-refractivity contribution in [2.24, 2.45) is 5.10 Å². The van der Waals surface area contributed by atoms with Crippen LogP contribution < -0.4 is 10.7 Å². The number of hydrogen-bond acceptors (Lipinski definition) is 6. The summed E-state index contributed by atoms with van der Waals surface area (Å²) in [6, 6.07) is 7.75. The Hall–Kier alpha value is -2.15. The molecule has 90 valence electrons. The molecule has 2 N–H and O–H groups in total. The van der Waals surface area contributed by atoms with E-state index < -0.39 is 0 Å². The Morgan fingerprint density at radius 1 is 1.39 bits per heavy atom. The first-order chi connectivity index (χ1) is 8.83. The molecule has 0 bridgehead atoms. The second-order valence-corrected chi connectivity index (χ2v) is 4.61. The number of carbonyl (C=O) groups excluding carboxylic acids is 1. The van der Waals surface area contributed by atoms with E-state index >= 15 is 0 Å². The summed E-state index contributed by atoms with van der Waals surface area (Å²) in [6.45, 7) is 0. The van der Waals surface area contributed by atoms with Gasteiger partial charge in [-0.1, -0.05) is 36.0 Å². The number of nitrogens with zero attached hydrogens (tertiary/aromatic N) is 3. The molecule has 6 nitrogen and oxygen atoms in total. The summed E-state index contributed by atoms with van der Waals surface area (Å²) in [6.07, 6.45) is 1.69. The summed E-state index contributed by atoms with van der Waals surface area (Å²) >= 11 is 1.35. The molecule has 0 saturated carbocycles. The number of amides is 1. The van der Waals surface area contributed by atoms with Gasteiger partial charge < -0.3 is 5.32 Å². The predicted octanol–water partition coefficient (Wildman–Crippen LogP) is 1.18. The molecule has 1 aliphatic heterocycles. The van der Waals surface area contributed by atoms with Gasteiger partial charge in [-0.05, 0) is 0 Å². The van der Waals surface area contributed by atoms with Crippen LogP contribution in [0.5, 0.6) is 0 Å². The summed E-state index contributed by atoms with van der Waals surface area (Å²) in [7, 11) is 0. The van der Waals surface area contributed by atoms with Crippen molar-refractivity contribution >= 4 is 39.4 Å². The number of benzene rings is 1. The van der Waals surface area contributed by atoms with E-state index in [1.54, 1.807) is 6.20 Å². The number of rotatable bonds is 2. The molecular formula is C11H9N5OS. The highest BCUT2D eigenvalue weighted by molar-refractivity contribution is 8.15. The van der Waals surface area contributed by atoms with Crippen LogP contribution in [0.2, 0.25) is 0 Å². The minimum absolute atomic E-state index is 0.0375. The fraction of sp³-hybridized carbons (Fsp3) is 0.0909. The van der Waals surface area contributed by atoms with Gasteiger partial charge in [-0.3, -0.25) is 10.2 Å². The van der Waals surface area contributed by atoms with Crippen molar-refractivity contribution in [2.45, 2.75) is 0 Å². The van der Waals surface area contributed by atoms with Gasteiger partial charge in [0.25, 0.3) is 0 Å². The van der Waals surface area contributed by atoms with E-state index in [2.05, 4.69) is 26.0 Å². The lowest BCUT2D eigenvalue weighted by atomic mass is 10.2. The standard InChI is InChI=1S/C11H9N5OS/c17-9-6-18-11(13-9)16-15-10-8-4-2-1-3-7(8)5-12-14-10/h1-5H,6H2,(H,14,15)(H,13,16,17). The summed E-state index contributed by atoms with van der Waals surface area (Å²) in [5, 5.41) is 17.1. The molecule has 0 aliphatic carbocycles. The highest BCUT2D eigenvalue weighted by Crippen LogP contribution is 2.19. The summed E-state index contributed by atoms with van der Waals surface area (Å²) < 4.78 is 0. The van der Waals surface area contributed by atoms with Crippen molar-refractivity contribution in [3.8, 4) is 0 Å². The number of thioether (sulfide) groups is 1. The molecule has 1 saturated heterocycles. The molecule has 18 heavy (non-hydrogen) atoms. The average molecular weight is 259 g/mol. The van der Waals surface area contributed by atoms with Gasteiger partial charge in [0, 0.05) is 10.8 Å². The third-order valence-electron chi connectivity index (χ3n) is 2.42. The van der Waals surface area contributed by atoms with Gasteiger partial charge >= 0.3 is 0 Å². The van der Waals surface area contributed by atoms with Crippen LogP contribution in [-0.2, 0) is 4.79 Å². The van der Waals surface area contributed by atoms with E-state index in [0.29, 0.717) is 16.7 Å². The summed E-state index contributed by atoms with van der Waals surface area (Å²) in [5.41, 5.74) is 2.83. The molecule has 1 aromatic heterocycles. The van der Waals surface area contributed by atoms with Crippen molar-refractivity contribution in [1.82, 2.24) is 15.5 Å². The zero-order valence-electron chi connectivity index (χ0n) is 9.25. The predicted molar refractivity (Wildman–Crippen MR) is 71.2 cm³/mol. The number of anilines is 1. The lowest BCUT2D eigenvalue weighted by Gasteiger charge is -2.03. The van der Waals surface area contributed by atoms with Crippen LogP contribution in [-0.4, -0.2) is 27.0 Å². The van der Waals surface area contributed by atoms with Crippen LogP contribution in [0.1, 0.15) is 0 Å². The molecule has 2 heterocycles. The number of carbonyl (C=O) groups is 1. The average Bonchev–Trinajstić information content (AvgIpc) is 2.82. The van der Waals surface area contributed by atoms with Gasteiger partial charge in [0.1, 0.15) is 0 Å². The second kappa shape index (κ2) is 4.61. The third kappa shape index (κ3) is 2.12. The lowest BCUT2D eigenvalue weighted by molar-refractivity contribution is -0.116. The smallest absolute Gasteiger partial charge is 0.236 e. The van der Waals surface area contributed by atoms with Crippen LogP contribution in [0.25, 0.3) is 10.8 Å². The Labute approximate surface area is 107 Å². The molecule has 1 amide bonds. The highest BCUT2D eigenvalue weighted by atomic mass is 32.2. The quantitative estimate of drug-likeness (QED) is 0.792. The minimum atomic E-state index is -0.0375. The number of hydrogen-bond donors (Lipinski definition) is 2. The van der Waals surface area contributed by atoms with Crippen molar-refractivity contribution in [3.05, 3.63) is 30.5 Å². The number of aromatic nitrogens is 2. The zero-order chi connectivity index (χ0) is 12.4. The van der Waals surface area contributed by atoms with E-state index in [4.69, 9.17) is 0 Å². The molecule has 1 aromatic carbocycles. The fourth-order valence-corrected chi connectivity index (χ4v) is 2.24. The molecule has 2 aromatic rings. The van der Waals surface area contributed by atoms with Crippen LogP contribution >= 0.6 is 11.8 Å². The van der Waals surface area contributed by atoms with Crippen LogP contribution in [0, 0.1) is 0 Å². The minimum Gasteiger partial charge on any atom is -0.303 e. The molecule has 7 heteroatoms. The Morgan fingerprint density at radius 3 is 3.11 bits per heavy atom. The Bertz CT molecular complexity index is 637. The first-order valence-corrected chi connectivity index (χ1v) is 6.28. The second-order valence-electron chi connectivity index (χ2n) is 3.65. The van der Waals surface area contributed by atoms with Crippen molar-refractivity contribution in [1.29, 1.82) is 0 Å². The van der Waals surface area contributed by atoms with Gasteiger partial charge in [-0.15, -0.1) is 10.2 Å². The molecule has 1 aliphatic rings. The summed E-state index contributed by atoms with van der Waals surface area (Å²) in [4.78, 5) is 11.0. The number of amidine groups is 1. The van der Waals surface area contributed by atoms with Gasteiger partial charge in [-0.2, -0.15) is 5.10 Å². The van der Waals surface area contributed by atoms with E-state index in [1.165, 1.54) is 11.8 Å². The van der Waals surface area contributed by atoms with Crippen LogP contribution in [0.4, 0.5) is 5.82 Å². The van der Waals surface area contributed by atoms with Gasteiger partial charge in [0.05, 0.1) is 11.9 Å². The zero-order valence-corrected chi connectivity index (χ0v) is 10.1. The lowest BCUT2D eigenvalue weighted by Crippen LogP contribution is -2.21. The van der Waals surface area contributed by atoms with Crippen molar-refractivity contribution in [2.75, 3.05) is 11.2 Å². The third-order valence-corrected chi connectivity index (χ3v) is 3.29. The largest absolute Gasteiger partial charge is 0.303 e. The topological polar surface area (TPSA) is 79.3 Å². The maximum absolute atomic E-state index is 11.0. The number of nitrogens with one attached hydrogen (secondary N) is 2. The maximum atomic E-state index is 11.0. The SMILES string of the molecule is O=C1CSC(=NNc2nncc3ccccc23)N1. The Balaban J connectivity index is 1.89. The van der Waals surface area contributed by atoms with Crippen molar-refractivity contribution < 1.29 is 4.79 Å². The van der Waals surface area contributed by atoms with E-state index in [0.717, 1.165) is 10.8 Å². The molecule has 3 rings (SSSR count). The Kier molecular flexibility index (Phi) is 2.81. The first-order valence-electron chi connectivity index (χ1n) is 5.30. The van der Waals surface area contributed by atoms with Crippen LogP contribution in [0.15, 0.2) is 35.6 Å². The molecule has 0 radical (unpaired) electrons. The summed E-state index contributed by atoms with van der Waals surface area (Å²) in [5.74, 6) is 0.939. The van der Waals surface area contributed by atoms with E-state index in [9.17, 15) is 4.79 Å². The van der Waals surface area contributed by atoms with Gasteiger partial charge in [0.15, 0.2) is 11.0 Å². The maximum Gasteiger partial charge on any atom is 0.236 e. The van der Waals surface area contributed by atoms with E-state index in [-0.39, 0.29) is 5.91 Å². The fourth-order valence-electron chi connectivity index (χ4n) is 1.60. The number of hydrazone groups is 1. The van der Waals surface area contributed by atoms with Crippen molar-refractivity contribution in [3.63, 3.8) is 0 Å². The normalized spacial score (nSPS) is 17.1. The molecular weight excluding hydrogens is 250 g/mol. The Morgan fingerprint density at radius 2 is 2.28 bits per heavy atom. The molecule has 0 unspecified atom stereocenters. The molecule has 0 atom stereocenters. The monoisotopic (exact) mass is 259 g/mol. The highest BCUT2D eigenvalue weighted by Gasteiger charge is 2.16.